The Balaban J connectivity index is 2.00. The van der Waals surface area contributed by atoms with Gasteiger partial charge in [0, 0.05) is 18.7 Å². The fraction of sp³-hybridized carbons (Fsp3) is 0.885. The number of esters is 1. The van der Waals surface area contributed by atoms with Gasteiger partial charge in [-0.2, -0.15) is 0 Å². The van der Waals surface area contributed by atoms with Crippen LogP contribution in [0.1, 0.15) is 87.0 Å². The molecule has 3 fully saturated rings. The SMILES string of the molecule is CCOC(=O)[C@H]1[C@H]2C(=O)N(CCCCO)C(C(=O)NC(C)(C)CC(C)(C)C)C23CC[C@]1(CC)O3. The lowest BCUT2D eigenvalue weighted by atomic mass is 9.65. The number of nitrogens with zero attached hydrogens (tertiary/aromatic N) is 1. The second-order valence-electron chi connectivity index (χ2n) is 12.2. The fourth-order valence-electron chi connectivity index (χ4n) is 7.02. The summed E-state index contributed by atoms with van der Waals surface area (Å²) in [7, 11) is 0. The third-order valence-electron chi connectivity index (χ3n) is 7.71. The number of likely N-dealkylation sites (tertiary alicyclic amines) is 1. The van der Waals surface area contributed by atoms with E-state index >= 15 is 0 Å². The Morgan fingerprint density at radius 1 is 1.18 bits per heavy atom. The summed E-state index contributed by atoms with van der Waals surface area (Å²) in [6.07, 6.45) is 3.63. The van der Waals surface area contributed by atoms with Gasteiger partial charge in [-0.25, -0.2) is 0 Å². The number of hydrogen-bond acceptors (Lipinski definition) is 6. The molecule has 2 amide bonds. The zero-order valence-corrected chi connectivity index (χ0v) is 22.0. The predicted molar refractivity (Wildman–Crippen MR) is 128 cm³/mol. The molecule has 194 valence electrons. The molecule has 3 rings (SSSR count). The summed E-state index contributed by atoms with van der Waals surface area (Å²) in [4.78, 5) is 42.5. The molecular weight excluding hydrogens is 436 g/mol. The molecular formula is C26H44N2O6. The number of rotatable bonds is 10. The summed E-state index contributed by atoms with van der Waals surface area (Å²) < 4.78 is 12.1. The van der Waals surface area contributed by atoms with Crippen LogP contribution in [0.4, 0.5) is 0 Å². The molecule has 0 radical (unpaired) electrons. The van der Waals surface area contributed by atoms with Crippen LogP contribution in [-0.4, -0.2) is 70.3 Å². The highest BCUT2D eigenvalue weighted by Gasteiger charge is 2.79. The molecule has 3 aliphatic heterocycles. The minimum Gasteiger partial charge on any atom is -0.466 e. The minimum absolute atomic E-state index is 0.00744. The van der Waals surface area contributed by atoms with Crippen LogP contribution in [0.25, 0.3) is 0 Å². The second kappa shape index (κ2) is 9.41. The molecule has 0 aromatic heterocycles. The van der Waals surface area contributed by atoms with Crippen molar-refractivity contribution in [2.75, 3.05) is 19.8 Å². The fourth-order valence-corrected chi connectivity index (χ4v) is 7.02. The molecule has 5 atom stereocenters. The van der Waals surface area contributed by atoms with E-state index in [1.165, 1.54) is 0 Å². The van der Waals surface area contributed by atoms with Gasteiger partial charge in [0.1, 0.15) is 17.6 Å². The van der Waals surface area contributed by atoms with E-state index in [1.807, 2.05) is 20.8 Å². The van der Waals surface area contributed by atoms with Crippen molar-refractivity contribution in [3.63, 3.8) is 0 Å². The van der Waals surface area contributed by atoms with Gasteiger partial charge in [-0.3, -0.25) is 14.4 Å². The molecule has 2 unspecified atom stereocenters. The van der Waals surface area contributed by atoms with E-state index in [9.17, 15) is 19.5 Å². The zero-order chi connectivity index (χ0) is 25.5. The number of unbranched alkanes of at least 4 members (excludes halogenated alkanes) is 1. The Bertz CT molecular complexity index is 806. The monoisotopic (exact) mass is 480 g/mol. The minimum atomic E-state index is -1.04. The van der Waals surface area contributed by atoms with E-state index in [-0.39, 0.29) is 30.4 Å². The van der Waals surface area contributed by atoms with Gasteiger partial charge in [-0.05, 0) is 64.7 Å². The van der Waals surface area contributed by atoms with Crippen LogP contribution in [-0.2, 0) is 23.9 Å². The van der Waals surface area contributed by atoms with E-state index in [2.05, 4.69) is 26.1 Å². The summed E-state index contributed by atoms with van der Waals surface area (Å²) in [6.45, 7) is 14.7. The van der Waals surface area contributed by atoms with Gasteiger partial charge in [-0.1, -0.05) is 27.7 Å². The van der Waals surface area contributed by atoms with Gasteiger partial charge in [-0.15, -0.1) is 0 Å². The molecule has 0 aromatic carbocycles. The maximum absolute atomic E-state index is 13.9. The van der Waals surface area contributed by atoms with Crippen LogP contribution in [0.3, 0.4) is 0 Å². The standard InChI is InChI=1S/C26H44N2O6/c1-8-25-12-13-26(34-25)17(18(25)22(32)33-9-2)21(31)28(14-10-11-15-29)19(26)20(30)27-24(6,7)16-23(3,4)5/h17-19,29H,8-16H2,1-7H3,(H,27,30)/t17-,18+,19?,25-,26?/m0/s1. The Morgan fingerprint density at radius 2 is 1.85 bits per heavy atom. The van der Waals surface area contributed by atoms with Crippen molar-refractivity contribution in [3.8, 4) is 0 Å². The van der Waals surface area contributed by atoms with Crippen LogP contribution in [0, 0.1) is 17.3 Å². The number of aliphatic hydroxyl groups excluding tert-OH is 1. The Kier molecular flexibility index (Phi) is 7.46. The molecule has 1 spiro atoms. The van der Waals surface area contributed by atoms with Gasteiger partial charge in [0.05, 0.1) is 18.1 Å². The Hall–Kier alpha value is -1.67. The lowest BCUT2D eigenvalue weighted by Crippen LogP contribution is -2.59. The largest absolute Gasteiger partial charge is 0.466 e. The molecule has 34 heavy (non-hydrogen) atoms. The van der Waals surface area contributed by atoms with E-state index in [1.54, 1.807) is 11.8 Å². The summed E-state index contributed by atoms with van der Waals surface area (Å²) in [5, 5.41) is 12.5. The van der Waals surface area contributed by atoms with Crippen LogP contribution in [0.15, 0.2) is 0 Å². The zero-order valence-electron chi connectivity index (χ0n) is 22.0. The van der Waals surface area contributed by atoms with Crippen LogP contribution >= 0.6 is 0 Å². The first-order valence-corrected chi connectivity index (χ1v) is 12.9. The van der Waals surface area contributed by atoms with Crippen molar-refractivity contribution >= 4 is 17.8 Å². The highest BCUT2D eigenvalue weighted by Crippen LogP contribution is 2.64. The normalized spacial score (nSPS) is 32.8. The first-order chi connectivity index (χ1) is 15.8. The maximum Gasteiger partial charge on any atom is 0.312 e. The smallest absolute Gasteiger partial charge is 0.312 e. The van der Waals surface area contributed by atoms with Crippen molar-refractivity contribution in [1.82, 2.24) is 10.2 Å². The summed E-state index contributed by atoms with van der Waals surface area (Å²) in [6, 6.07) is -0.809. The van der Waals surface area contributed by atoms with Gasteiger partial charge in [0.25, 0.3) is 0 Å². The number of carbonyl (C=O) groups is 3. The number of fused-ring (bicyclic) bond motifs is 1. The quantitative estimate of drug-likeness (QED) is 0.368. The molecule has 8 nitrogen and oxygen atoms in total. The molecule has 2 bridgehead atoms. The lowest BCUT2D eigenvalue weighted by Gasteiger charge is -2.38. The van der Waals surface area contributed by atoms with E-state index < -0.39 is 40.6 Å². The molecule has 0 aromatic rings. The average Bonchev–Trinajstić information content (AvgIpc) is 3.30. The Morgan fingerprint density at radius 3 is 2.41 bits per heavy atom. The summed E-state index contributed by atoms with van der Waals surface area (Å²) >= 11 is 0. The number of ether oxygens (including phenoxy) is 2. The molecule has 3 saturated heterocycles. The molecule has 8 heteroatoms. The number of aliphatic hydroxyl groups is 1. The first-order valence-electron chi connectivity index (χ1n) is 12.9. The highest BCUT2D eigenvalue weighted by molar-refractivity contribution is 5.98. The molecule has 0 aliphatic carbocycles. The number of hydrogen-bond donors (Lipinski definition) is 2. The van der Waals surface area contributed by atoms with Gasteiger partial charge in [0.15, 0.2) is 0 Å². The van der Waals surface area contributed by atoms with Crippen LogP contribution < -0.4 is 5.32 Å². The third kappa shape index (κ3) is 4.60. The number of nitrogens with one attached hydrogen (secondary N) is 1. The van der Waals surface area contributed by atoms with Crippen molar-refractivity contribution in [3.05, 3.63) is 0 Å². The third-order valence-corrected chi connectivity index (χ3v) is 7.71. The van der Waals surface area contributed by atoms with Gasteiger partial charge in [0.2, 0.25) is 11.8 Å². The van der Waals surface area contributed by atoms with Gasteiger partial charge < -0.3 is 24.8 Å². The lowest BCUT2D eigenvalue weighted by molar-refractivity contribution is -0.160. The first kappa shape index (κ1) is 26.9. The van der Waals surface area contributed by atoms with E-state index in [0.29, 0.717) is 38.6 Å². The highest BCUT2D eigenvalue weighted by atomic mass is 16.6. The van der Waals surface area contributed by atoms with Crippen LogP contribution in [0.2, 0.25) is 0 Å². The molecule has 3 aliphatic rings. The van der Waals surface area contributed by atoms with Crippen molar-refractivity contribution in [1.29, 1.82) is 0 Å². The maximum atomic E-state index is 13.9. The predicted octanol–water partition coefficient (Wildman–Crippen LogP) is 2.81. The molecule has 3 heterocycles. The molecule has 2 N–H and O–H groups in total. The van der Waals surface area contributed by atoms with Gasteiger partial charge >= 0.3 is 5.97 Å². The average molecular weight is 481 g/mol. The van der Waals surface area contributed by atoms with Crippen molar-refractivity contribution in [2.24, 2.45) is 17.3 Å². The topological polar surface area (TPSA) is 105 Å². The molecule has 0 saturated carbocycles. The summed E-state index contributed by atoms with van der Waals surface area (Å²) in [5.41, 5.74) is -2.29. The van der Waals surface area contributed by atoms with Crippen molar-refractivity contribution < 1.29 is 29.0 Å². The Labute approximate surface area is 204 Å². The second-order valence-corrected chi connectivity index (χ2v) is 12.2. The van der Waals surface area contributed by atoms with E-state index in [4.69, 9.17) is 9.47 Å². The number of amides is 2. The van der Waals surface area contributed by atoms with E-state index in [0.717, 1.165) is 6.42 Å². The number of carbonyl (C=O) groups excluding carboxylic acids is 3. The van der Waals surface area contributed by atoms with Crippen molar-refractivity contribution in [2.45, 2.75) is 110 Å². The summed E-state index contributed by atoms with van der Waals surface area (Å²) in [5.74, 6) is -2.28. The van der Waals surface area contributed by atoms with Crippen LogP contribution in [0.5, 0.6) is 0 Å².